The van der Waals surface area contributed by atoms with E-state index in [-0.39, 0.29) is 16.6 Å². The molecule has 7 nitrogen and oxygen atoms in total. The van der Waals surface area contributed by atoms with Crippen molar-refractivity contribution in [2.45, 2.75) is 38.6 Å². The van der Waals surface area contributed by atoms with E-state index in [1.807, 2.05) is 0 Å². The van der Waals surface area contributed by atoms with Crippen LogP contribution in [-0.2, 0) is 23.0 Å². The van der Waals surface area contributed by atoms with Gasteiger partial charge in [0.15, 0.2) is 0 Å². The Balaban J connectivity index is 2.20. The summed E-state index contributed by atoms with van der Waals surface area (Å²) >= 11 is 1.23. The predicted octanol–water partition coefficient (Wildman–Crippen LogP) is 1.90. The minimum absolute atomic E-state index is 0.0727. The Labute approximate surface area is 127 Å². The number of hydrogen-bond acceptors (Lipinski definition) is 7. The highest BCUT2D eigenvalue weighted by molar-refractivity contribution is 7.93. The summed E-state index contributed by atoms with van der Waals surface area (Å²) < 4.78 is 32.3. The standard InChI is InChI=1S/C12H18N4O3S2/c1-7(2)4-11-14-15-12(20-11)16-21(17,18)10-5-9(6-13)19-8(10)3/h5,7H,4,6,13H2,1-3H3,(H,15,16). The molecule has 0 atom stereocenters. The van der Waals surface area contributed by atoms with Crippen molar-refractivity contribution in [1.82, 2.24) is 10.2 Å². The fourth-order valence-corrected chi connectivity index (χ4v) is 4.17. The van der Waals surface area contributed by atoms with Gasteiger partial charge >= 0.3 is 0 Å². The highest BCUT2D eigenvalue weighted by Gasteiger charge is 2.23. The first-order chi connectivity index (χ1) is 9.81. The number of aryl methyl sites for hydroxylation is 1. The van der Waals surface area contributed by atoms with Crippen LogP contribution in [0.1, 0.15) is 30.4 Å². The minimum Gasteiger partial charge on any atom is -0.464 e. The molecule has 0 amide bonds. The first-order valence-electron chi connectivity index (χ1n) is 6.46. The number of furan rings is 1. The normalized spacial score (nSPS) is 12.0. The van der Waals surface area contributed by atoms with Crippen LogP contribution in [0.2, 0.25) is 0 Å². The molecule has 0 saturated carbocycles. The van der Waals surface area contributed by atoms with E-state index in [2.05, 4.69) is 28.8 Å². The fourth-order valence-electron chi connectivity index (χ4n) is 1.79. The molecule has 0 aromatic carbocycles. The summed E-state index contributed by atoms with van der Waals surface area (Å²) in [5.74, 6) is 1.16. The Hall–Kier alpha value is -1.45. The van der Waals surface area contributed by atoms with Gasteiger partial charge in [0.25, 0.3) is 10.0 Å². The summed E-state index contributed by atoms with van der Waals surface area (Å²) in [5, 5.41) is 8.89. The molecule has 0 spiro atoms. The Morgan fingerprint density at radius 1 is 1.43 bits per heavy atom. The van der Waals surface area contributed by atoms with Gasteiger partial charge in [0.1, 0.15) is 21.4 Å². The van der Waals surface area contributed by atoms with E-state index in [1.54, 1.807) is 6.92 Å². The zero-order chi connectivity index (χ0) is 15.6. The van der Waals surface area contributed by atoms with Crippen molar-refractivity contribution in [1.29, 1.82) is 0 Å². The van der Waals surface area contributed by atoms with Crippen LogP contribution in [0.5, 0.6) is 0 Å². The second kappa shape index (κ2) is 6.12. The highest BCUT2D eigenvalue weighted by Crippen LogP contribution is 2.25. The molecule has 3 N–H and O–H groups in total. The quantitative estimate of drug-likeness (QED) is 0.836. The van der Waals surface area contributed by atoms with Crippen LogP contribution in [-0.4, -0.2) is 18.6 Å². The Bertz CT molecular complexity index is 719. The van der Waals surface area contributed by atoms with Gasteiger partial charge < -0.3 is 10.2 Å². The number of aromatic nitrogens is 2. The van der Waals surface area contributed by atoms with Gasteiger partial charge in [0, 0.05) is 12.5 Å². The van der Waals surface area contributed by atoms with Crippen molar-refractivity contribution in [3.05, 3.63) is 22.6 Å². The predicted molar refractivity (Wildman–Crippen MR) is 80.6 cm³/mol. The van der Waals surface area contributed by atoms with Crippen LogP contribution < -0.4 is 10.5 Å². The number of hydrogen-bond donors (Lipinski definition) is 2. The molecule has 2 aromatic rings. The number of nitrogens with zero attached hydrogens (tertiary/aromatic N) is 2. The molecule has 0 fully saturated rings. The van der Waals surface area contributed by atoms with Crippen molar-refractivity contribution in [2.24, 2.45) is 11.7 Å². The van der Waals surface area contributed by atoms with Gasteiger partial charge in [-0.05, 0) is 12.8 Å². The molecule has 9 heteroatoms. The molecule has 2 rings (SSSR count). The third-order valence-electron chi connectivity index (χ3n) is 2.69. The van der Waals surface area contributed by atoms with Gasteiger partial charge in [-0.1, -0.05) is 25.2 Å². The molecule has 2 aromatic heterocycles. The molecule has 0 unspecified atom stereocenters. The molecule has 0 radical (unpaired) electrons. The first kappa shape index (κ1) is 15.9. The fraction of sp³-hybridized carbons (Fsp3) is 0.500. The monoisotopic (exact) mass is 330 g/mol. The molecule has 0 saturated heterocycles. The Kier molecular flexibility index (Phi) is 4.64. The van der Waals surface area contributed by atoms with Crippen molar-refractivity contribution in [3.63, 3.8) is 0 Å². The molecular weight excluding hydrogens is 312 g/mol. The summed E-state index contributed by atoms with van der Waals surface area (Å²) in [4.78, 5) is 0.0727. The maximum absolute atomic E-state index is 12.3. The summed E-state index contributed by atoms with van der Waals surface area (Å²) in [6, 6.07) is 1.42. The number of rotatable bonds is 6. The van der Waals surface area contributed by atoms with Crippen molar-refractivity contribution < 1.29 is 12.8 Å². The third kappa shape index (κ3) is 3.80. The van der Waals surface area contributed by atoms with Crippen molar-refractivity contribution >= 4 is 26.5 Å². The summed E-state index contributed by atoms with van der Waals surface area (Å²) in [5.41, 5.74) is 5.45. The van der Waals surface area contributed by atoms with Gasteiger partial charge in [0.05, 0.1) is 6.54 Å². The van der Waals surface area contributed by atoms with Crippen LogP contribution in [0.25, 0.3) is 0 Å². The second-order valence-corrected chi connectivity index (χ2v) is 7.75. The van der Waals surface area contributed by atoms with Crippen molar-refractivity contribution in [2.75, 3.05) is 4.72 Å². The number of nitrogens with one attached hydrogen (secondary N) is 1. The maximum Gasteiger partial charge on any atom is 0.267 e. The molecule has 0 aliphatic heterocycles. The molecule has 116 valence electrons. The smallest absolute Gasteiger partial charge is 0.267 e. The zero-order valence-electron chi connectivity index (χ0n) is 12.1. The van der Waals surface area contributed by atoms with Crippen molar-refractivity contribution in [3.8, 4) is 0 Å². The van der Waals surface area contributed by atoms with Gasteiger partial charge in [-0.3, -0.25) is 4.72 Å². The summed E-state index contributed by atoms with van der Waals surface area (Å²) in [6.45, 7) is 5.86. The summed E-state index contributed by atoms with van der Waals surface area (Å²) in [7, 11) is -3.74. The lowest BCUT2D eigenvalue weighted by atomic mass is 10.1. The Morgan fingerprint density at radius 2 is 2.14 bits per heavy atom. The van der Waals surface area contributed by atoms with E-state index < -0.39 is 10.0 Å². The average Bonchev–Trinajstić information content (AvgIpc) is 2.95. The molecular formula is C12H18N4O3S2. The number of nitrogens with two attached hydrogens (primary N) is 1. The van der Waals surface area contributed by atoms with E-state index >= 15 is 0 Å². The van der Waals surface area contributed by atoms with Gasteiger partial charge in [-0.2, -0.15) is 0 Å². The Morgan fingerprint density at radius 3 is 2.71 bits per heavy atom. The van der Waals surface area contributed by atoms with Crippen LogP contribution in [0.15, 0.2) is 15.4 Å². The van der Waals surface area contributed by atoms with E-state index in [0.717, 1.165) is 11.4 Å². The zero-order valence-corrected chi connectivity index (χ0v) is 13.7. The molecule has 2 heterocycles. The SMILES string of the molecule is Cc1oc(CN)cc1S(=O)(=O)Nc1nnc(CC(C)C)s1. The number of anilines is 1. The van der Waals surface area contributed by atoms with E-state index in [9.17, 15) is 8.42 Å². The van der Waals surface area contributed by atoms with Crippen LogP contribution in [0.3, 0.4) is 0 Å². The molecule has 0 bridgehead atoms. The third-order valence-corrected chi connectivity index (χ3v) is 5.12. The lowest BCUT2D eigenvalue weighted by Gasteiger charge is -2.02. The lowest BCUT2D eigenvalue weighted by molar-refractivity contribution is 0.479. The van der Waals surface area contributed by atoms with Gasteiger partial charge in [-0.15, -0.1) is 10.2 Å². The highest BCUT2D eigenvalue weighted by atomic mass is 32.2. The molecule has 21 heavy (non-hydrogen) atoms. The van der Waals surface area contributed by atoms with E-state index in [4.69, 9.17) is 10.2 Å². The largest absolute Gasteiger partial charge is 0.464 e. The summed E-state index contributed by atoms with van der Waals surface area (Å²) in [6.07, 6.45) is 0.765. The first-order valence-corrected chi connectivity index (χ1v) is 8.76. The molecule has 0 aliphatic rings. The van der Waals surface area contributed by atoms with Crippen LogP contribution >= 0.6 is 11.3 Å². The van der Waals surface area contributed by atoms with Gasteiger partial charge in [-0.25, -0.2) is 8.42 Å². The second-order valence-electron chi connectivity index (χ2n) is 5.04. The maximum atomic E-state index is 12.3. The van der Waals surface area contributed by atoms with Gasteiger partial charge in [0.2, 0.25) is 5.13 Å². The van der Waals surface area contributed by atoms with E-state index in [0.29, 0.717) is 17.4 Å². The number of sulfonamides is 1. The van der Waals surface area contributed by atoms with E-state index in [1.165, 1.54) is 17.4 Å². The minimum atomic E-state index is -3.74. The average molecular weight is 330 g/mol. The van der Waals surface area contributed by atoms with Crippen LogP contribution in [0.4, 0.5) is 5.13 Å². The lowest BCUT2D eigenvalue weighted by Crippen LogP contribution is -2.13. The topological polar surface area (TPSA) is 111 Å². The van der Waals surface area contributed by atoms with Crippen LogP contribution in [0, 0.1) is 12.8 Å². The molecule has 0 aliphatic carbocycles.